The van der Waals surface area contributed by atoms with Crippen LogP contribution in [0.4, 0.5) is 0 Å². The zero-order valence-electron chi connectivity index (χ0n) is 9.96. The van der Waals surface area contributed by atoms with Crippen LogP contribution in [0.1, 0.15) is 25.7 Å². The van der Waals surface area contributed by atoms with Gasteiger partial charge < -0.3 is 10.2 Å². The number of carboxylic acid groups (broad SMARTS) is 1. The molecule has 1 aromatic rings. The predicted octanol–water partition coefficient (Wildman–Crippen LogP) is 1.65. The lowest BCUT2D eigenvalue weighted by Crippen LogP contribution is -2.18. The molecule has 100 valence electrons. The highest BCUT2D eigenvalue weighted by molar-refractivity contribution is 7.83. The number of nitrogens with one attached hydrogen (secondary N) is 1. The van der Waals surface area contributed by atoms with Gasteiger partial charge in [0.25, 0.3) is 0 Å². The molecule has 1 atom stereocenters. The van der Waals surface area contributed by atoms with Crippen molar-refractivity contribution >= 4 is 17.0 Å². The SMILES string of the molecule is O=C(O)CCCCCNS(=O)c1cccc(O)c1. The van der Waals surface area contributed by atoms with E-state index in [2.05, 4.69) is 4.72 Å². The van der Waals surface area contributed by atoms with Crippen molar-refractivity contribution in [3.63, 3.8) is 0 Å². The molecule has 0 amide bonds. The molecule has 0 aromatic heterocycles. The second-order valence-corrected chi connectivity index (χ2v) is 5.16. The van der Waals surface area contributed by atoms with Crippen molar-refractivity contribution in [2.24, 2.45) is 0 Å². The Balaban J connectivity index is 2.20. The van der Waals surface area contributed by atoms with Crippen molar-refractivity contribution in [2.75, 3.05) is 6.54 Å². The van der Waals surface area contributed by atoms with Crippen LogP contribution < -0.4 is 4.72 Å². The third-order valence-corrected chi connectivity index (χ3v) is 3.48. The Kier molecular flexibility index (Phi) is 6.38. The van der Waals surface area contributed by atoms with E-state index in [1.807, 2.05) is 0 Å². The minimum atomic E-state index is -1.33. The maximum atomic E-state index is 11.7. The first-order chi connectivity index (χ1) is 8.59. The zero-order chi connectivity index (χ0) is 13.4. The predicted molar refractivity (Wildman–Crippen MR) is 68.6 cm³/mol. The fraction of sp³-hybridized carbons (Fsp3) is 0.417. The van der Waals surface area contributed by atoms with Crippen molar-refractivity contribution < 1.29 is 19.2 Å². The van der Waals surface area contributed by atoms with Gasteiger partial charge in [0.15, 0.2) is 0 Å². The Morgan fingerprint density at radius 3 is 2.72 bits per heavy atom. The maximum absolute atomic E-state index is 11.7. The molecule has 1 aromatic carbocycles. The van der Waals surface area contributed by atoms with Crippen LogP contribution in [0.3, 0.4) is 0 Å². The van der Waals surface area contributed by atoms with Gasteiger partial charge in [0.1, 0.15) is 16.7 Å². The molecule has 0 saturated carbocycles. The second-order valence-electron chi connectivity index (χ2n) is 3.86. The van der Waals surface area contributed by atoms with Crippen LogP contribution in [0.15, 0.2) is 29.2 Å². The number of hydrogen-bond acceptors (Lipinski definition) is 3. The zero-order valence-corrected chi connectivity index (χ0v) is 10.8. The lowest BCUT2D eigenvalue weighted by molar-refractivity contribution is -0.137. The Hall–Kier alpha value is -1.40. The second kappa shape index (κ2) is 7.84. The Bertz CT molecular complexity index is 422. The van der Waals surface area contributed by atoms with Crippen LogP contribution >= 0.6 is 0 Å². The molecule has 1 unspecified atom stereocenters. The molecule has 0 radical (unpaired) electrons. The summed E-state index contributed by atoms with van der Waals surface area (Å²) in [7, 11) is -1.33. The molecule has 3 N–H and O–H groups in total. The van der Waals surface area contributed by atoms with E-state index in [-0.39, 0.29) is 12.2 Å². The van der Waals surface area contributed by atoms with Crippen LogP contribution in [0.25, 0.3) is 0 Å². The average Bonchev–Trinajstić information content (AvgIpc) is 2.33. The van der Waals surface area contributed by atoms with Gasteiger partial charge in [-0.3, -0.25) is 4.79 Å². The maximum Gasteiger partial charge on any atom is 0.303 e. The van der Waals surface area contributed by atoms with Crippen molar-refractivity contribution in [1.82, 2.24) is 4.72 Å². The molecule has 0 aliphatic rings. The minimum absolute atomic E-state index is 0.0871. The molecule has 0 fully saturated rings. The summed E-state index contributed by atoms with van der Waals surface area (Å²) in [6.45, 7) is 0.557. The van der Waals surface area contributed by atoms with E-state index in [0.717, 1.165) is 12.8 Å². The van der Waals surface area contributed by atoms with Gasteiger partial charge in [-0.15, -0.1) is 0 Å². The van der Waals surface area contributed by atoms with Crippen LogP contribution in [-0.2, 0) is 15.8 Å². The molecule has 0 aliphatic carbocycles. The van der Waals surface area contributed by atoms with Gasteiger partial charge in [-0.1, -0.05) is 12.5 Å². The number of hydrogen-bond donors (Lipinski definition) is 3. The molecule has 0 heterocycles. The first-order valence-corrected chi connectivity index (χ1v) is 6.90. The fourth-order valence-corrected chi connectivity index (χ4v) is 2.35. The summed E-state index contributed by atoms with van der Waals surface area (Å²) in [5.41, 5.74) is 0. The summed E-state index contributed by atoms with van der Waals surface area (Å²) in [6.07, 6.45) is 2.37. The van der Waals surface area contributed by atoms with Crippen molar-refractivity contribution in [2.45, 2.75) is 30.6 Å². The third-order valence-electron chi connectivity index (χ3n) is 2.33. The van der Waals surface area contributed by atoms with Crippen molar-refractivity contribution in [1.29, 1.82) is 0 Å². The molecule has 0 aliphatic heterocycles. The minimum Gasteiger partial charge on any atom is -0.508 e. The Morgan fingerprint density at radius 1 is 1.28 bits per heavy atom. The molecule has 18 heavy (non-hydrogen) atoms. The molecule has 5 nitrogen and oxygen atoms in total. The lowest BCUT2D eigenvalue weighted by Gasteiger charge is -2.04. The number of unbranched alkanes of at least 4 members (excludes halogenated alkanes) is 2. The van der Waals surface area contributed by atoms with Gasteiger partial charge in [0.05, 0.1) is 4.90 Å². The first-order valence-electron chi connectivity index (χ1n) is 5.75. The van der Waals surface area contributed by atoms with Crippen LogP contribution in [0, 0.1) is 0 Å². The number of benzene rings is 1. The van der Waals surface area contributed by atoms with E-state index in [9.17, 15) is 14.1 Å². The summed E-state index contributed by atoms with van der Waals surface area (Å²) in [5, 5.41) is 17.7. The molecule has 0 bridgehead atoms. The molecular formula is C12H17NO4S. The summed E-state index contributed by atoms with van der Waals surface area (Å²) in [4.78, 5) is 10.8. The molecule has 0 saturated heterocycles. The summed E-state index contributed by atoms with van der Waals surface area (Å²) < 4.78 is 14.6. The number of aromatic hydroxyl groups is 1. The fourth-order valence-electron chi connectivity index (χ4n) is 1.43. The summed E-state index contributed by atoms with van der Waals surface area (Å²) in [5.74, 6) is -0.699. The Labute approximate surface area is 108 Å². The molecule has 6 heteroatoms. The molecular weight excluding hydrogens is 254 g/mol. The third kappa shape index (κ3) is 5.79. The summed E-state index contributed by atoms with van der Waals surface area (Å²) >= 11 is 0. The monoisotopic (exact) mass is 271 g/mol. The quantitative estimate of drug-likeness (QED) is 0.627. The van der Waals surface area contributed by atoms with E-state index in [1.165, 1.54) is 12.1 Å². The lowest BCUT2D eigenvalue weighted by atomic mass is 10.2. The largest absolute Gasteiger partial charge is 0.508 e. The highest BCUT2D eigenvalue weighted by Gasteiger charge is 2.03. The average molecular weight is 271 g/mol. The number of rotatable bonds is 8. The van der Waals surface area contributed by atoms with Crippen LogP contribution in [0.2, 0.25) is 0 Å². The standard InChI is InChI=1S/C12H17NO4S/c14-10-5-4-6-11(9-10)18(17)13-8-3-1-2-7-12(15)16/h4-6,9,13-14H,1-3,7-8H2,(H,15,16). The normalized spacial score (nSPS) is 12.2. The number of aliphatic carboxylic acids is 1. The molecule has 1 rings (SSSR count). The van der Waals surface area contributed by atoms with Gasteiger partial charge in [-0.2, -0.15) is 0 Å². The van der Waals surface area contributed by atoms with E-state index in [1.54, 1.807) is 12.1 Å². The highest BCUT2D eigenvalue weighted by atomic mass is 32.2. The molecule has 0 spiro atoms. The number of carbonyl (C=O) groups is 1. The van der Waals surface area contributed by atoms with E-state index in [0.29, 0.717) is 17.9 Å². The van der Waals surface area contributed by atoms with Gasteiger partial charge in [-0.05, 0) is 31.0 Å². The number of carboxylic acids is 1. The highest BCUT2D eigenvalue weighted by Crippen LogP contribution is 2.13. The number of phenols is 1. The van der Waals surface area contributed by atoms with Gasteiger partial charge >= 0.3 is 5.97 Å². The van der Waals surface area contributed by atoms with E-state index in [4.69, 9.17) is 5.11 Å². The Morgan fingerprint density at radius 2 is 2.06 bits per heavy atom. The van der Waals surface area contributed by atoms with Crippen LogP contribution in [-0.4, -0.2) is 26.9 Å². The number of phenolic OH excluding ortho intramolecular Hbond substituents is 1. The van der Waals surface area contributed by atoms with E-state index < -0.39 is 17.0 Å². The smallest absolute Gasteiger partial charge is 0.303 e. The van der Waals surface area contributed by atoms with Crippen LogP contribution in [0.5, 0.6) is 5.75 Å². The van der Waals surface area contributed by atoms with E-state index >= 15 is 0 Å². The first kappa shape index (κ1) is 14.7. The topological polar surface area (TPSA) is 86.6 Å². The summed E-state index contributed by atoms with van der Waals surface area (Å²) in [6, 6.07) is 6.28. The van der Waals surface area contributed by atoms with Gasteiger partial charge in [-0.25, -0.2) is 8.93 Å². The van der Waals surface area contributed by atoms with Crippen molar-refractivity contribution in [3.05, 3.63) is 24.3 Å². The van der Waals surface area contributed by atoms with Gasteiger partial charge in [0, 0.05) is 13.0 Å². The van der Waals surface area contributed by atoms with Crippen molar-refractivity contribution in [3.8, 4) is 5.75 Å². The van der Waals surface area contributed by atoms with Gasteiger partial charge in [0.2, 0.25) is 0 Å².